The second kappa shape index (κ2) is 9.12. The summed E-state index contributed by atoms with van der Waals surface area (Å²) in [7, 11) is 0. The highest BCUT2D eigenvalue weighted by molar-refractivity contribution is 5.68. The van der Waals surface area contributed by atoms with Gasteiger partial charge in [0.25, 0.3) is 0 Å². The molecule has 0 saturated heterocycles. The zero-order valence-corrected chi connectivity index (χ0v) is 16.2. The van der Waals surface area contributed by atoms with Crippen LogP contribution in [-0.2, 0) is 4.79 Å². The molecule has 1 heterocycles. The van der Waals surface area contributed by atoms with E-state index in [2.05, 4.69) is 18.8 Å². The van der Waals surface area contributed by atoms with Crippen molar-refractivity contribution < 1.29 is 19.9 Å². The molecule has 150 valence electrons. The number of hydrogen-bond acceptors (Lipinski definition) is 6. The Labute approximate surface area is 159 Å². The fraction of sp³-hybridized carbons (Fsp3) is 0.684. The van der Waals surface area contributed by atoms with Crippen molar-refractivity contribution in [1.29, 1.82) is 0 Å². The van der Waals surface area contributed by atoms with Gasteiger partial charge in [-0.05, 0) is 43.1 Å². The molecule has 0 radical (unpaired) electrons. The summed E-state index contributed by atoms with van der Waals surface area (Å²) in [6.07, 6.45) is 4.05. The van der Waals surface area contributed by atoms with E-state index in [1.54, 1.807) is 13.1 Å². The Kier molecular flexibility index (Phi) is 7.12. The van der Waals surface area contributed by atoms with Crippen molar-refractivity contribution in [1.82, 2.24) is 4.98 Å². The van der Waals surface area contributed by atoms with Crippen LogP contribution in [0.3, 0.4) is 0 Å². The Hall–Kier alpha value is -2.22. The van der Waals surface area contributed by atoms with E-state index in [1.165, 1.54) is 6.07 Å². The van der Waals surface area contributed by atoms with E-state index >= 15 is 0 Å². The van der Waals surface area contributed by atoms with Crippen LogP contribution in [0.4, 0.5) is 11.5 Å². The number of carbonyl (C=O) groups is 1. The number of aliphatic hydroxyl groups excluding tert-OH is 1. The van der Waals surface area contributed by atoms with Gasteiger partial charge in [-0.1, -0.05) is 20.8 Å². The van der Waals surface area contributed by atoms with Gasteiger partial charge >= 0.3 is 11.7 Å². The number of hydrogen-bond donors (Lipinski definition) is 2. The number of aliphatic hydroxyl groups is 1. The van der Waals surface area contributed by atoms with E-state index < -0.39 is 10.9 Å². The number of aromatic nitrogens is 1. The summed E-state index contributed by atoms with van der Waals surface area (Å²) in [6, 6.07) is 1.56. The molecule has 0 aliphatic heterocycles. The molecule has 2 rings (SSSR count). The molecule has 0 aromatic carbocycles. The Bertz CT molecular complexity index is 671. The molecule has 27 heavy (non-hydrogen) atoms. The van der Waals surface area contributed by atoms with Gasteiger partial charge in [0.1, 0.15) is 0 Å². The molecule has 0 unspecified atom stereocenters. The van der Waals surface area contributed by atoms with Gasteiger partial charge in [-0.25, -0.2) is 4.98 Å². The number of anilines is 1. The van der Waals surface area contributed by atoms with E-state index in [0.29, 0.717) is 36.7 Å². The second-order valence-corrected chi connectivity index (χ2v) is 7.88. The molecule has 8 heteroatoms. The third-order valence-corrected chi connectivity index (χ3v) is 5.06. The third-order valence-electron chi connectivity index (χ3n) is 5.06. The van der Waals surface area contributed by atoms with E-state index in [4.69, 9.17) is 5.11 Å². The van der Waals surface area contributed by atoms with E-state index in [0.717, 1.165) is 12.8 Å². The predicted octanol–water partition coefficient (Wildman–Crippen LogP) is 3.33. The lowest BCUT2D eigenvalue weighted by atomic mass is 9.91. The van der Waals surface area contributed by atoms with Crippen LogP contribution in [0.2, 0.25) is 0 Å². The molecular formula is C19H29N3O5. The van der Waals surface area contributed by atoms with Gasteiger partial charge in [0.2, 0.25) is 5.82 Å². The zero-order valence-electron chi connectivity index (χ0n) is 16.2. The first-order chi connectivity index (χ1) is 12.7. The first-order valence-corrected chi connectivity index (χ1v) is 9.49. The fourth-order valence-corrected chi connectivity index (χ4v) is 3.64. The van der Waals surface area contributed by atoms with Crippen LogP contribution in [0.25, 0.3) is 0 Å². The lowest BCUT2D eigenvalue weighted by Crippen LogP contribution is -2.42. The van der Waals surface area contributed by atoms with Crippen molar-refractivity contribution in [3.8, 4) is 0 Å². The molecule has 8 nitrogen and oxygen atoms in total. The van der Waals surface area contributed by atoms with E-state index in [-0.39, 0.29) is 30.2 Å². The molecule has 0 spiro atoms. The molecule has 1 aliphatic carbocycles. The SMILES string of the molecule is CC(C)CN(c1ncc([C@H](C)CC(=O)O)cc1[N+](=O)[O-])C1CCC(O)CC1. The molecule has 1 aromatic rings. The maximum Gasteiger partial charge on any atom is 0.311 e. The number of rotatable bonds is 8. The van der Waals surface area contributed by atoms with Gasteiger partial charge in [0.15, 0.2) is 0 Å². The summed E-state index contributed by atoms with van der Waals surface area (Å²) in [6.45, 7) is 6.47. The van der Waals surface area contributed by atoms with Crippen LogP contribution in [0.5, 0.6) is 0 Å². The summed E-state index contributed by atoms with van der Waals surface area (Å²) in [4.78, 5) is 28.6. The highest BCUT2D eigenvalue weighted by Gasteiger charge is 2.31. The largest absolute Gasteiger partial charge is 0.481 e. The Morgan fingerprint density at radius 3 is 2.48 bits per heavy atom. The minimum Gasteiger partial charge on any atom is -0.481 e. The number of nitro groups is 1. The maximum atomic E-state index is 11.7. The van der Waals surface area contributed by atoms with Crippen molar-refractivity contribution in [2.45, 2.75) is 70.9 Å². The van der Waals surface area contributed by atoms with Crippen molar-refractivity contribution in [2.75, 3.05) is 11.4 Å². The van der Waals surface area contributed by atoms with Crippen LogP contribution in [0, 0.1) is 16.0 Å². The summed E-state index contributed by atoms with van der Waals surface area (Å²) < 4.78 is 0. The second-order valence-electron chi connectivity index (χ2n) is 7.88. The smallest absolute Gasteiger partial charge is 0.311 e. The average Bonchev–Trinajstić information content (AvgIpc) is 2.59. The van der Waals surface area contributed by atoms with Gasteiger partial charge in [-0.3, -0.25) is 14.9 Å². The summed E-state index contributed by atoms with van der Waals surface area (Å²) >= 11 is 0. The van der Waals surface area contributed by atoms with E-state index in [1.807, 2.05) is 4.90 Å². The highest BCUT2D eigenvalue weighted by Crippen LogP contribution is 2.35. The van der Waals surface area contributed by atoms with Crippen LogP contribution >= 0.6 is 0 Å². The molecule has 1 saturated carbocycles. The number of carboxylic acids is 1. The van der Waals surface area contributed by atoms with Crippen molar-refractivity contribution in [3.63, 3.8) is 0 Å². The van der Waals surface area contributed by atoms with Crippen LogP contribution in [0.1, 0.15) is 64.4 Å². The highest BCUT2D eigenvalue weighted by atomic mass is 16.6. The molecular weight excluding hydrogens is 350 g/mol. The molecule has 2 N–H and O–H groups in total. The molecule has 1 fully saturated rings. The average molecular weight is 379 g/mol. The van der Waals surface area contributed by atoms with E-state index in [9.17, 15) is 20.0 Å². The number of nitrogens with zero attached hydrogens (tertiary/aromatic N) is 3. The van der Waals surface area contributed by atoms with Crippen molar-refractivity contribution >= 4 is 17.5 Å². The van der Waals surface area contributed by atoms with Crippen molar-refractivity contribution in [2.24, 2.45) is 5.92 Å². The van der Waals surface area contributed by atoms with Gasteiger partial charge in [-0.2, -0.15) is 0 Å². The van der Waals surface area contributed by atoms with Crippen LogP contribution in [-0.4, -0.2) is 44.8 Å². The standard InChI is InChI=1S/C19H29N3O5/c1-12(2)11-21(15-4-6-16(23)7-5-15)19-17(22(26)27)9-14(10-20-19)13(3)8-18(24)25/h9-10,12-13,15-16,23H,4-8,11H2,1-3H3,(H,24,25)/t13-,15?,16?/m1/s1. The Morgan fingerprint density at radius 1 is 1.33 bits per heavy atom. The minimum absolute atomic E-state index is 0.0866. The first kappa shape index (κ1) is 21.1. The summed E-state index contributed by atoms with van der Waals surface area (Å²) in [5, 5.41) is 30.5. The van der Waals surface area contributed by atoms with Crippen molar-refractivity contribution in [3.05, 3.63) is 27.9 Å². The number of aliphatic carboxylic acids is 1. The topological polar surface area (TPSA) is 117 Å². The normalized spacial score (nSPS) is 21.1. The molecule has 0 amide bonds. The summed E-state index contributed by atoms with van der Waals surface area (Å²) in [5.74, 6) is -0.673. The molecule has 1 atom stereocenters. The van der Waals surface area contributed by atoms with Gasteiger partial charge in [0.05, 0.1) is 17.4 Å². The first-order valence-electron chi connectivity index (χ1n) is 9.49. The Balaban J connectivity index is 2.38. The van der Waals surface area contributed by atoms with Gasteiger partial charge in [0, 0.05) is 24.8 Å². The fourth-order valence-electron chi connectivity index (χ4n) is 3.64. The number of pyridine rings is 1. The minimum atomic E-state index is -0.948. The van der Waals surface area contributed by atoms with Gasteiger partial charge in [-0.15, -0.1) is 0 Å². The third kappa shape index (κ3) is 5.63. The van der Waals surface area contributed by atoms with Crippen LogP contribution in [0.15, 0.2) is 12.3 Å². The summed E-state index contributed by atoms with van der Waals surface area (Å²) in [5.41, 5.74) is 0.466. The lowest BCUT2D eigenvalue weighted by Gasteiger charge is -2.37. The number of carboxylic acid groups (broad SMARTS) is 1. The van der Waals surface area contributed by atoms with Gasteiger partial charge < -0.3 is 15.1 Å². The molecule has 1 aromatic heterocycles. The lowest BCUT2D eigenvalue weighted by molar-refractivity contribution is -0.384. The quantitative estimate of drug-likeness (QED) is 0.525. The molecule has 1 aliphatic rings. The zero-order chi connectivity index (χ0) is 20.1. The van der Waals surface area contributed by atoms with Crippen LogP contribution < -0.4 is 4.90 Å². The Morgan fingerprint density at radius 2 is 1.96 bits per heavy atom. The maximum absolute atomic E-state index is 11.7. The predicted molar refractivity (Wildman–Crippen MR) is 102 cm³/mol. The monoisotopic (exact) mass is 379 g/mol. The molecule has 0 bridgehead atoms.